The summed E-state index contributed by atoms with van der Waals surface area (Å²) in [6.07, 6.45) is 1.43. The van der Waals surface area contributed by atoms with Crippen LogP contribution in [0.25, 0.3) is 0 Å². The Labute approximate surface area is 129 Å². The lowest BCUT2D eigenvalue weighted by Crippen LogP contribution is -2.28. The fraction of sp³-hybridized carbons (Fsp3) is 0.200. The van der Waals surface area contributed by atoms with Crippen molar-refractivity contribution in [3.05, 3.63) is 22.7 Å². The summed E-state index contributed by atoms with van der Waals surface area (Å²) >= 11 is 7.88. The summed E-state index contributed by atoms with van der Waals surface area (Å²) < 4.78 is 11.4. The van der Waals surface area contributed by atoms with E-state index in [2.05, 4.69) is 5.10 Å². The second kappa shape index (κ2) is 7.36. The number of hydroxylamine groups is 1. The van der Waals surface area contributed by atoms with Gasteiger partial charge in [0.1, 0.15) is 0 Å². The first-order valence-electron chi connectivity index (χ1n) is 4.94. The smallest absolute Gasteiger partial charge is 0.245 e. The molecule has 3 N–H and O–H groups in total. The maximum Gasteiger partial charge on any atom is 0.245 e. The van der Waals surface area contributed by atoms with Crippen molar-refractivity contribution in [1.82, 2.24) is 8.70 Å². The van der Waals surface area contributed by atoms with Crippen molar-refractivity contribution in [3.63, 3.8) is 0 Å². The van der Waals surface area contributed by atoms with Gasteiger partial charge in [0.15, 0.2) is 11.5 Å². The molecule has 0 heterocycles. The number of hydrazone groups is 1. The van der Waals surface area contributed by atoms with Gasteiger partial charge in [-0.05, 0) is 12.1 Å². The molecule has 0 saturated carbocycles. The fourth-order valence-corrected chi connectivity index (χ4v) is 1.73. The van der Waals surface area contributed by atoms with E-state index in [0.717, 1.165) is 3.22 Å². The molecule has 104 valence electrons. The lowest BCUT2D eigenvalue weighted by Gasteiger charge is -2.12. The van der Waals surface area contributed by atoms with Crippen LogP contribution < -0.4 is 15.0 Å². The Morgan fingerprint density at radius 1 is 1.53 bits per heavy atom. The van der Waals surface area contributed by atoms with Crippen LogP contribution in [0.15, 0.2) is 17.2 Å². The Balaban J connectivity index is 3.03. The number of methoxy groups -OCH3 is 2. The molecule has 0 radical (unpaired) electrons. The number of ether oxygens (including phenoxy) is 2. The van der Waals surface area contributed by atoms with Crippen LogP contribution in [-0.2, 0) is 0 Å². The number of halogens is 2. The van der Waals surface area contributed by atoms with E-state index in [-0.39, 0.29) is 5.96 Å². The Kier molecular flexibility index (Phi) is 6.12. The molecular formula is C10H12ClIN4O3. The number of benzene rings is 1. The first kappa shape index (κ1) is 15.8. The second-order valence-corrected chi connectivity index (χ2v) is 4.46. The fourth-order valence-electron chi connectivity index (χ4n) is 1.22. The third-order valence-corrected chi connectivity index (χ3v) is 3.22. The largest absolute Gasteiger partial charge is 0.493 e. The Morgan fingerprint density at radius 3 is 2.74 bits per heavy atom. The van der Waals surface area contributed by atoms with Crippen LogP contribution in [0.5, 0.6) is 11.5 Å². The Hall–Kier alpha value is -1.26. The van der Waals surface area contributed by atoms with E-state index in [1.807, 2.05) is 0 Å². The van der Waals surface area contributed by atoms with E-state index in [0.29, 0.717) is 22.1 Å². The van der Waals surface area contributed by atoms with Gasteiger partial charge in [-0.2, -0.15) is 8.32 Å². The highest BCUT2D eigenvalue weighted by Crippen LogP contribution is 2.36. The molecule has 0 atom stereocenters. The molecule has 7 nitrogen and oxygen atoms in total. The molecular weight excluding hydrogens is 386 g/mol. The molecule has 0 fully saturated rings. The van der Waals surface area contributed by atoms with E-state index in [4.69, 9.17) is 31.7 Å². The van der Waals surface area contributed by atoms with E-state index in [1.165, 1.54) is 20.4 Å². The molecule has 0 spiro atoms. The third-order valence-electron chi connectivity index (χ3n) is 2.10. The number of nitrogens with one attached hydrogen (secondary N) is 2. The number of hydrogen-bond acceptors (Lipinski definition) is 5. The number of hydrogen-bond donors (Lipinski definition) is 3. The zero-order valence-electron chi connectivity index (χ0n) is 10.1. The van der Waals surface area contributed by atoms with Crippen LogP contribution in [0, 0.1) is 5.41 Å². The van der Waals surface area contributed by atoms with Crippen molar-refractivity contribution in [1.29, 1.82) is 5.41 Å². The highest BCUT2D eigenvalue weighted by molar-refractivity contribution is 14.1. The van der Waals surface area contributed by atoms with Gasteiger partial charge < -0.3 is 9.47 Å². The van der Waals surface area contributed by atoms with Crippen molar-refractivity contribution < 1.29 is 14.7 Å². The van der Waals surface area contributed by atoms with Crippen LogP contribution in [0.4, 0.5) is 0 Å². The van der Waals surface area contributed by atoms with Gasteiger partial charge in [-0.15, -0.1) is 0 Å². The van der Waals surface area contributed by atoms with Crippen LogP contribution in [-0.4, -0.2) is 34.8 Å². The quantitative estimate of drug-likeness (QED) is 0.238. The van der Waals surface area contributed by atoms with Crippen molar-refractivity contribution in [2.75, 3.05) is 14.2 Å². The first-order valence-corrected chi connectivity index (χ1v) is 6.28. The van der Waals surface area contributed by atoms with Crippen LogP contribution >= 0.6 is 34.5 Å². The zero-order valence-corrected chi connectivity index (χ0v) is 13.1. The maximum absolute atomic E-state index is 8.55. The average Bonchev–Trinajstić information content (AvgIpc) is 2.44. The molecule has 1 aromatic rings. The molecule has 0 aliphatic heterocycles. The monoisotopic (exact) mass is 398 g/mol. The van der Waals surface area contributed by atoms with Crippen LogP contribution in [0.3, 0.4) is 0 Å². The lowest BCUT2D eigenvalue weighted by molar-refractivity contribution is 0.224. The van der Waals surface area contributed by atoms with Gasteiger partial charge in [-0.3, -0.25) is 10.6 Å². The van der Waals surface area contributed by atoms with Crippen molar-refractivity contribution in [2.24, 2.45) is 5.10 Å². The van der Waals surface area contributed by atoms with Crippen molar-refractivity contribution >= 4 is 46.6 Å². The van der Waals surface area contributed by atoms with Crippen molar-refractivity contribution in [3.8, 4) is 11.5 Å². The molecule has 0 aliphatic rings. The molecule has 1 aromatic carbocycles. The normalized spacial score (nSPS) is 10.4. The highest BCUT2D eigenvalue weighted by Gasteiger charge is 2.12. The standard InChI is InChI=1S/C10H12ClIN4O3/c1-18-7-4-3-6(8(11)9(7)19-2)5-14-16(12)10(13)15-17/h3-5,17H,1-2H3,(H2,13,15). The topological polar surface area (TPSA) is 90.2 Å². The van der Waals surface area contributed by atoms with Crippen molar-refractivity contribution in [2.45, 2.75) is 0 Å². The average molecular weight is 399 g/mol. The van der Waals surface area contributed by atoms with Gasteiger partial charge in [0.2, 0.25) is 5.96 Å². The molecule has 0 aromatic heterocycles. The number of guanidine groups is 1. The molecule has 0 amide bonds. The van der Waals surface area contributed by atoms with E-state index < -0.39 is 0 Å². The Morgan fingerprint density at radius 2 is 2.21 bits per heavy atom. The predicted molar refractivity (Wildman–Crippen MR) is 80.7 cm³/mol. The summed E-state index contributed by atoms with van der Waals surface area (Å²) in [5.41, 5.74) is 2.26. The van der Waals surface area contributed by atoms with Gasteiger partial charge in [0.05, 0.1) is 48.3 Å². The summed E-state index contributed by atoms with van der Waals surface area (Å²) in [5, 5.41) is 20.1. The maximum atomic E-state index is 8.55. The zero-order chi connectivity index (χ0) is 14.4. The lowest BCUT2D eigenvalue weighted by atomic mass is 10.2. The highest BCUT2D eigenvalue weighted by atomic mass is 127. The third kappa shape index (κ3) is 3.85. The summed E-state index contributed by atoms with van der Waals surface area (Å²) in [7, 11) is 3.00. The van der Waals surface area contributed by atoms with Gasteiger partial charge in [-0.25, -0.2) is 5.48 Å². The molecule has 0 bridgehead atoms. The van der Waals surface area contributed by atoms with Gasteiger partial charge in [-0.1, -0.05) is 11.6 Å². The SMILES string of the molecule is COc1ccc(C=NN(I)C(=N)NO)c(Cl)c1OC. The van der Waals surface area contributed by atoms with E-state index >= 15 is 0 Å². The van der Waals surface area contributed by atoms with Gasteiger partial charge in [0.25, 0.3) is 0 Å². The van der Waals surface area contributed by atoms with Gasteiger partial charge in [0, 0.05) is 5.56 Å². The summed E-state index contributed by atoms with van der Waals surface area (Å²) in [6.45, 7) is 0. The molecule has 9 heteroatoms. The molecule has 19 heavy (non-hydrogen) atoms. The van der Waals surface area contributed by atoms with Gasteiger partial charge >= 0.3 is 0 Å². The first-order chi connectivity index (χ1) is 9.04. The van der Waals surface area contributed by atoms with E-state index in [1.54, 1.807) is 40.5 Å². The molecule has 0 aliphatic carbocycles. The number of rotatable bonds is 4. The Bertz CT molecular complexity index is 498. The summed E-state index contributed by atoms with van der Waals surface area (Å²) in [5.74, 6) is 0.637. The molecule has 0 saturated heterocycles. The molecule has 0 unspecified atom stereocenters. The minimum absolute atomic E-state index is 0.284. The minimum atomic E-state index is -0.284. The van der Waals surface area contributed by atoms with Crippen LogP contribution in [0.1, 0.15) is 5.56 Å². The predicted octanol–water partition coefficient (Wildman–Crippen LogP) is 2.26. The number of nitrogens with zero attached hydrogens (tertiary/aromatic N) is 2. The van der Waals surface area contributed by atoms with Crippen LogP contribution in [0.2, 0.25) is 5.02 Å². The summed E-state index contributed by atoms with van der Waals surface area (Å²) in [4.78, 5) is 0. The minimum Gasteiger partial charge on any atom is -0.493 e. The second-order valence-electron chi connectivity index (χ2n) is 3.17. The summed E-state index contributed by atoms with van der Waals surface area (Å²) in [6, 6.07) is 3.40. The molecule has 1 rings (SSSR count). The van der Waals surface area contributed by atoms with E-state index in [9.17, 15) is 0 Å².